The summed E-state index contributed by atoms with van der Waals surface area (Å²) in [5.74, 6) is -0.262. The van der Waals surface area contributed by atoms with E-state index in [0.717, 1.165) is 11.1 Å². The lowest BCUT2D eigenvalue weighted by Gasteiger charge is -2.16. The zero-order chi connectivity index (χ0) is 18.6. The Balaban J connectivity index is 2.28. The number of ketones is 1. The lowest BCUT2D eigenvalue weighted by atomic mass is 9.85. The molecule has 0 aliphatic heterocycles. The van der Waals surface area contributed by atoms with Gasteiger partial charge in [0.25, 0.3) is 5.91 Å². The molecule has 0 spiro atoms. The van der Waals surface area contributed by atoms with Gasteiger partial charge in [-0.2, -0.15) is 17.9 Å². The quantitative estimate of drug-likeness (QED) is 0.627. The summed E-state index contributed by atoms with van der Waals surface area (Å²) < 4.78 is 0. The number of hydrogen-bond acceptors (Lipinski definition) is 4. The highest BCUT2D eigenvalue weighted by atomic mass is 32.1. The Morgan fingerprint density at radius 2 is 1.92 bits per heavy atom. The van der Waals surface area contributed by atoms with E-state index in [-0.39, 0.29) is 17.4 Å². The number of anilines is 1. The minimum Gasteiger partial charge on any atom is -0.322 e. The Morgan fingerprint density at radius 1 is 1.20 bits per heavy atom. The minimum absolute atomic E-state index is 0.0882. The second kappa shape index (κ2) is 7.54. The van der Waals surface area contributed by atoms with Gasteiger partial charge in [0.1, 0.15) is 0 Å². The number of amides is 1. The molecule has 0 bridgehead atoms. The third-order valence-electron chi connectivity index (χ3n) is 4.07. The van der Waals surface area contributed by atoms with E-state index in [2.05, 4.69) is 24.0 Å². The zero-order valence-corrected chi connectivity index (χ0v) is 15.4. The largest absolute Gasteiger partial charge is 0.322 e. The van der Waals surface area contributed by atoms with Crippen LogP contribution in [0.3, 0.4) is 0 Å². The molecule has 5 heteroatoms. The van der Waals surface area contributed by atoms with Gasteiger partial charge in [0.05, 0.1) is 17.2 Å². The van der Waals surface area contributed by atoms with Crippen molar-refractivity contribution in [2.24, 2.45) is 0 Å². The van der Waals surface area contributed by atoms with Crippen LogP contribution in [-0.2, 0) is 5.41 Å². The van der Waals surface area contributed by atoms with Crippen LogP contribution in [0.25, 0.3) is 0 Å². The molecule has 2 rings (SSSR count). The van der Waals surface area contributed by atoms with E-state index < -0.39 is 5.41 Å². The molecular formula is C20H20N2O2S. The topological polar surface area (TPSA) is 70.0 Å². The van der Waals surface area contributed by atoms with Gasteiger partial charge in [-0.25, -0.2) is 0 Å². The monoisotopic (exact) mass is 352 g/mol. The highest BCUT2D eigenvalue weighted by molar-refractivity contribution is 7.81. The fraction of sp³-hybridized carbons (Fsp3) is 0.250. The summed E-state index contributed by atoms with van der Waals surface area (Å²) in [6.07, 6.45) is 0. The second-order valence-electron chi connectivity index (χ2n) is 6.38. The predicted octanol–water partition coefficient (Wildman–Crippen LogP) is 4.16. The lowest BCUT2D eigenvalue weighted by Crippen LogP contribution is -2.17. The van der Waals surface area contributed by atoms with Gasteiger partial charge in [0, 0.05) is 16.8 Å². The SMILES string of the molecule is Cc1ccc(NC(=O)c2cccc(C(C)(C)C#N)c2)cc1C(=O)CS. The Morgan fingerprint density at radius 3 is 2.56 bits per heavy atom. The molecule has 0 aromatic heterocycles. The number of hydrogen-bond donors (Lipinski definition) is 2. The van der Waals surface area contributed by atoms with Gasteiger partial charge in [-0.3, -0.25) is 9.59 Å². The van der Waals surface area contributed by atoms with Crippen molar-refractivity contribution in [2.75, 3.05) is 11.1 Å². The summed E-state index contributed by atoms with van der Waals surface area (Å²) in [5, 5.41) is 12.1. The Bertz CT molecular complexity index is 866. The van der Waals surface area contributed by atoms with Crippen molar-refractivity contribution in [2.45, 2.75) is 26.2 Å². The molecule has 0 saturated carbocycles. The standard InChI is InChI=1S/C20H20N2O2S/c1-13-7-8-16(10-17(13)18(23)11-25)22-19(24)14-5-4-6-15(9-14)20(2,3)12-21/h4-10,25H,11H2,1-3H3,(H,22,24). The van der Waals surface area contributed by atoms with Crippen LogP contribution in [0.4, 0.5) is 5.69 Å². The van der Waals surface area contributed by atoms with Crippen molar-refractivity contribution in [3.63, 3.8) is 0 Å². The number of rotatable bonds is 5. The predicted molar refractivity (Wildman–Crippen MR) is 102 cm³/mol. The smallest absolute Gasteiger partial charge is 0.255 e. The molecule has 2 aromatic carbocycles. The molecule has 25 heavy (non-hydrogen) atoms. The summed E-state index contributed by atoms with van der Waals surface area (Å²) in [6.45, 7) is 5.45. The normalized spacial score (nSPS) is 10.8. The van der Waals surface area contributed by atoms with Crippen LogP contribution in [0.1, 0.15) is 45.7 Å². The maximum absolute atomic E-state index is 12.5. The van der Waals surface area contributed by atoms with E-state index in [1.165, 1.54) is 0 Å². The van der Waals surface area contributed by atoms with Gasteiger partial charge in [0.15, 0.2) is 5.78 Å². The highest BCUT2D eigenvalue weighted by Crippen LogP contribution is 2.23. The molecule has 1 N–H and O–H groups in total. The molecule has 0 unspecified atom stereocenters. The first kappa shape index (κ1) is 18.8. The molecule has 4 nitrogen and oxygen atoms in total. The van der Waals surface area contributed by atoms with Crippen molar-refractivity contribution >= 4 is 30.0 Å². The maximum Gasteiger partial charge on any atom is 0.255 e. The second-order valence-corrected chi connectivity index (χ2v) is 6.70. The number of nitrogens with one attached hydrogen (secondary N) is 1. The van der Waals surface area contributed by atoms with Crippen LogP contribution in [0, 0.1) is 18.3 Å². The van der Waals surface area contributed by atoms with Crippen LogP contribution >= 0.6 is 12.6 Å². The molecule has 1 amide bonds. The van der Waals surface area contributed by atoms with E-state index in [9.17, 15) is 14.9 Å². The number of carbonyl (C=O) groups is 2. The van der Waals surface area contributed by atoms with E-state index in [4.69, 9.17) is 0 Å². The van der Waals surface area contributed by atoms with E-state index in [1.807, 2.05) is 13.0 Å². The molecule has 0 aliphatic carbocycles. The van der Waals surface area contributed by atoms with Gasteiger partial charge >= 0.3 is 0 Å². The average Bonchev–Trinajstić information content (AvgIpc) is 2.62. The van der Waals surface area contributed by atoms with Crippen LogP contribution in [-0.4, -0.2) is 17.4 Å². The average molecular weight is 352 g/mol. The zero-order valence-electron chi connectivity index (χ0n) is 14.5. The molecule has 0 heterocycles. The molecule has 2 aromatic rings. The van der Waals surface area contributed by atoms with Crippen molar-refractivity contribution < 1.29 is 9.59 Å². The summed E-state index contributed by atoms with van der Waals surface area (Å²) >= 11 is 4.02. The van der Waals surface area contributed by atoms with Crippen LogP contribution in [0.5, 0.6) is 0 Å². The first-order valence-corrected chi connectivity index (χ1v) is 8.49. The number of nitriles is 1. The first-order valence-electron chi connectivity index (χ1n) is 7.86. The molecule has 0 fully saturated rings. The molecule has 0 radical (unpaired) electrons. The van der Waals surface area contributed by atoms with Gasteiger partial charge < -0.3 is 5.32 Å². The van der Waals surface area contributed by atoms with E-state index >= 15 is 0 Å². The molecule has 0 saturated heterocycles. The molecular weight excluding hydrogens is 332 g/mol. The number of carbonyl (C=O) groups excluding carboxylic acids is 2. The summed E-state index contributed by atoms with van der Waals surface area (Å²) in [7, 11) is 0. The number of benzene rings is 2. The Labute approximate surface area is 153 Å². The van der Waals surface area contributed by atoms with Gasteiger partial charge in [-0.05, 0) is 56.2 Å². The minimum atomic E-state index is -0.674. The van der Waals surface area contributed by atoms with Crippen molar-refractivity contribution in [1.82, 2.24) is 0 Å². The molecule has 128 valence electrons. The Hall–Kier alpha value is -2.58. The highest BCUT2D eigenvalue weighted by Gasteiger charge is 2.21. The van der Waals surface area contributed by atoms with E-state index in [1.54, 1.807) is 50.2 Å². The lowest BCUT2D eigenvalue weighted by molar-refractivity contribution is 0.101. The van der Waals surface area contributed by atoms with Crippen molar-refractivity contribution in [3.8, 4) is 6.07 Å². The number of thiol groups is 1. The van der Waals surface area contributed by atoms with Gasteiger partial charge in [-0.1, -0.05) is 18.2 Å². The van der Waals surface area contributed by atoms with Crippen molar-refractivity contribution in [3.05, 3.63) is 64.7 Å². The van der Waals surface area contributed by atoms with Gasteiger partial charge in [0.2, 0.25) is 0 Å². The first-order chi connectivity index (χ1) is 11.8. The Kier molecular flexibility index (Phi) is 5.66. The molecule has 0 atom stereocenters. The number of nitrogens with zero attached hydrogens (tertiary/aromatic N) is 1. The summed E-state index contributed by atoms with van der Waals surface area (Å²) in [4.78, 5) is 24.4. The van der Waals surface area contributed by atoms with Crippen LogP contribution in [0.15, 0.2) is 42.5 Å². The van der Waals surface area contributed by atoms with Gasteiger partial charge in [-0.15, -0.1) is 0 Å². The van der Waals surface area contributed by atoms with E-state index in [0.29, 0.717) is 16.8 Å². The third-order valence-corrected chi connectivity index (χ3v) is 4.35. The fourth-order valence-corrected chi connectivity index (χ4v) is 2.57. The van der Waals surface area contributed by atoms with Crippen LogP contribution < -0.4 is 5.32 Å². The maximum atomic E-state index is 12.5. The fourth-order valence-electron chi connectivity index (χ4n) is 2.40. The summed E-state index contributed by atoms with van der Waals surface area (Å²) in [6, 6.07) is 14.4. The molecule has 0 aliphatic rings. The van der Waals surface area contributed by atoms with Crippen molar-refractivity contribution in [1.29, 1.82) is 5.26 Å². The third kappa shape index (κ3) is 4.28. The number of aryl methyl sites for hydroxylation is 1. The number of Topliss-reactive ketones (excluding diaryl/α,β-unsaturated/α-hetero) is 1. The van der Waals surface area contributed by atoms with Crippen LogP contribution in [0.2, 0.25) is 0 Å². The summed E-state index contributed by atoms with van der Waals surface area (Å²) in [5.41, 5.74) is 2.50.